The van der Waals surface area contributed by atoms with Crippen molar-refractivity contribution in [2.24, 2.45) is 0 Å². The number of H-pyrrole nitrogens is 1. The number of aromatic amines is 1. The molecule has 0 aliphatic heterocycles. The summed E-state index contributed by atoms with van der Waals surface area (Å²) < 4.78 is 13.9. The van der Waals surface area contributed by atoms with E-state index in [9.17, 15) is 14.0 Å². The van der Waals surface area contributed by atoms with Gasteiger partial charge in [0.15, 0.2) is 0 Å². The van der Waals surface area contributed by atoms with E-state index in [1.165, 1.54) is 6.07 Å². The zero-order valence-electron chi connectivity index (χ0n) is 8.78. The van der Waals surface area contributed by atoms with Gasteiger partial charge in [0, 0.05) is 6.20 Å². The Hall–Kier alpha value is -2.39. The molecule has 2 aromatic rings. The molecule has 0 bridgehead atoms. The second-order valence-electron chi connectivity index (χ2n) is 3.38. The number of hydrogen-bond acceptors (Lipinski definition) is 3. The van der Waals surface area contributed by atoms with Crippen molar-refractivity contribution >= 4 is 11.6 Å². The van der Waals surface area contributed by atoms with E-state index in [-0.39, 0.29) is 16.3 Å². The lowest BCUT2D eigenvalue weighted by molar-refractivity contribution is 0.627. The molecular formula is C11H5ClFN3O2. The van der Waals surface area contributed by atoms with Crippen molar-refractivity contribution in [3.05, 3.63) is 61.6 Å². The summed E-state index contributed by atoms with van der Waals surface area (Å²) in [5.74, 6) is -0.554. The maximum atomic E-state index is 12.9. The van der Waals surface area contributed by atoms with Crippen molar-refractivity contribution < 1.29 is 4.39 Å². The summed E-state index contributed by atoms with van der Waals surface area (Å²) in [6, 6.07) is 5.06. The highest BCUT2D eigenvalue weighted by atomic mass is 35.5. The molecule has 5 nitrogen and oxygen atoms in total. The molecule has 7 heteroatoms. The van der Waals surface area contributed by atoms with E-state index in [4.69, 9.17) is 16.9 Å². The predicted molar refractivity (Wildman–Crippen MR) is 62.3 cm³/mol. The quantitative estimate of drug-likeness (QED) is 0.841. The van der Waals surface area contributed by atoms with Crippen LogP contribution >= 0.6 is 11.6 Å². The van der Waals surface area contributed by atoms with Gasteiger partial charge in [-0.05, 0) is 18.2 Å². The van der Waals surface area contributed by atoms with Crippen LogP contribution in [-0.2, 0) is 0 Å². The summed E-state index contributed by atoms with van der Waals surface area (Å²) in [7, 11) is 0. The van der Waals surface area contributed by atoms with Gasteiger partial charge in [0.25, 0.3) is 5.56 Å². The second kappa shape index (κ2) is 4.47. The fraction of sp³-hybridized carbons (Fsp3) is 0. The lowest BCUT2D eigenvalue weighted by Gasteiger charge is -2.07. The molecule has 0 aliphatic rings. The number of rotatable bonds is 1. The Morgan fingerprint density at radius 2 is 2.11 bits per heavy atom. The molecule has 1 aromatic carbocycles. The van der Waals surface area contributed by atoms with E-state index in [0.29, 0.717) is 0 Å². The van der Waals surface area contributed by atoms with E-state index in [1.807, 2.05) is 4.98 Å². The molecule has 0 radical (unpaired) electrons. The highest BCUT2D eigenvalue weighted by Crippen LogP contribution is 2.19. The van der Waals surface area contributed by atoms with Crippen molar-refractivity contribution in [2.45, 2.75) is 0 Å². The maximum Gasteiger partial charge on any atom is 0.333 e. The van der Waals surface area contributed by atoms with Crippen LogP contribution in [0.25, 0.3) is 5.69 Å². The first-order valence-corrected chi connectivity index (χ1v) is 5.12. The van der Waals surface area contributed by atoms with Gasteiger partial charge in [0.2, 0.25) is 0 Å². The summed E-state index contributed by atoms with van der Waals surface area (Å²) >= 11 is 5.80. The van der Waals surface area contributed by atoms with E-state index < -0.39 is 17.1 Å². The molecule has 0 aliphatic carbocycles. The Morgan fingerprint density at radius 3 is 2.72 bits per heavy atom. The molecule has 1 N–H and O–H groups in total. The minimum atomic E-state index is -0.781. The Kier molecular flexibility index (Phi) is 3.00. The predicted octanol–water partition coefficient (Wildman–Crippen LogP) is 1.19. The van der Waals surface area contributed by atoms with Crippen molar-refractivity contribution in [3.8, 4) is 11.8 Å². The van der Waals surface area contributed by atoms with Crippen LogP contribution < -0.4 is 11.2 Å². The van der Waals surface area contributed by atoms with Crippen LogP contribution in [-0.4, -0.2) is 9.55 Å². The molecule has 0 atom stereocenters. The van der Waals surface area contributed by atoms with Gasteiger partial charge in [0.05, 0.1) is 10.7 Å². The first kappa shape index (κ1) is 12.1. The fourth-order valence-corrected chi connectivity index (χ4v) is 1.66. The molecule has 2 rings (SSSR count). The third-order valence-corrected chi connectivity index (χ3v) is 2.53. The number of nitrogens with one attached hydrogen (secondary N) is 1. The van der Waals surface area contributed by atoms with Gasteiger partial charge in [-0.15, -0.1) is 0 Å². The first-order chi connectivity index (χ1) is 8.52. The van der Waals surface area contributed by atoms with Gasteiger partial charge in [-0.1, -0.05) is 11.6 Å². The molecule has 1 heterocycles. The van der Waals surface area contributed by atoms with Gasteiger partial charge in [0.1, 0.15) is 17.4 Å². The second-order valence-corrected chi connectivity index (χ2v) is 3.79. The van der Waals surface area contributed by atoms with E-state index >= 15 is 0 Å². The van der Waals surface area contributed by atoms with Crippen LogP contribution in [0.3, 0.4) is 0 Å². The van der Waals surface area contributed by atoms with Crippen LogP contribution in [0.15, 0.2) is 34.0 Å². The molecular weight excluding hydrogens is 261 g/mol. The zero-order valence-corrected chi connectivity index (χ0v) is 9.53. The van der Waals surface area contributed by atoms with Crippen LogP contribution in [0.4, 0.5) is 4.39 Å². The monoisotopic (exact) mass is 265 g/mol. The molecule has 0 fully saturated rings. The Labute approximate surface area is 105 Å². The molecule has 90 valence electrons. The Balaban J connectivity index is 2.76. The highest BCUT2D eigenvalue weighted by molar-refractivity contribution is 6.32. The van der Waals surface area contributed by atoms with Gasteiger partial charge in [-0.2, -0.15) is 5.26 Å². The lowest BCUT2D eigenvalue weighted by Crippen LogP contribution is -2.30. The Morgan fingerprint density at radius 1 is 1.39 bits per heavy atom. The van der Waals surface area contributed by atoms with E-state index in [1.54, 1.807) is 6.07 Å². The van der Waals surface area contributed by atoms with E-state index in [0.717, 1.165) is 22.9 Å². The average molecular weight is 266 g/mol. The van der Waals surface area contributed by atoms with Gasteiger partial charge >= 0.3 is 5.69 Å². The molecule has 18 heavy (non-hydrogen) atoms. The third-order valence-electron chi connectivity index (χ3n) is 2.23. The largest absolute Gasteiger partial charge is 0.333 e. The van der Waals surface area contributed by atoms with E-state index in [2.05, 4.69) is 0 Å². The number of halogens is 2. The smallest absolute Gasteiger partial charge is 0.273 e. The normalized spacial score (nSPS) is 10.1. The minimum absolute atomic E-state index is 0.00645. The fourth-order valence-electron chi connectivity index (χ4n) is 1.41. The SMILES string of the molecule is N#Cc1cn(-c2ccc(F)cc2Cl)c(=O)[nH]c1=O. The number of aromatic nitrogens is 2. The summed E-state index contributed by atoms with van der Waals surface area (Å²) in [5, 5.41) is 8.71. The van der Waals surface area contributed by atoms with Crippen molar-refractivity contribution in [1.82, 2.24) is 9.55 Å². The van der Waals surface area contributed by atoms with Gasteiger partial charge in [-0.25, -0.2) is 9.18 Å². The number of nitriles is 1. The summed E-state index contributed by atoms with van der Waals surface area (Å²) in [5.41, 5.74) is -1.60. The highest BCUT2D eigenvalue weighted by Gasteiger charge is 2.09. The topological polar surface area (TPSA) is 78.7 Å². The van der Waals surface area contributed by atoms with Crippen molar-refractivity contribution in [1.29, 1.82) is 5.26 Å². The molecule has 0 spiro atoms. The van der Waals surface area contributed by atoms with Crippen LogP contribution in [0.5, 0.6) is 0 Å². The number of benzene rings is 1. The summed E-state index contributed by atoms with van der Waals surface area (Å²) in [6.07, 6.45) is 1.06. The van der Waals surface area contributed by atoms with Gasteiger partial charge in [-0.3, -0.25) is 14.3 Å². The Bertz CT molecular complexity index is 773. The summed E-state index contributed by atoms with van der Waals surface area (Å²) in [4.78, 5) is 24.8. The van der Waals surface area contributed by atoms with Crippen LogP contribution in [0.2, 0.25) is 5.02 Å². The molecule has 1 aromatic heterocycles. The first-order valence-electron chi connectivity index (χ1n) is 4.74. The van der Waals surface area contributed by atoms with Crippen molar-refractivity contribution in [3.63, 3.8) is 0 Å². The minimum Gasteiger partial charge on any atom is -0.273 e. The average Bonchev–Trinajstić information content (AvgIpc) is 2.30. The van der Waals surface area contributed by atoms with Crippen LogP contribution in [0, 0.1) is 17.1 Å². The zero-order chi connectivity index (χ0) is 13.3. The molecule has 0 unspecified atom stereocenters. The third kappa shape index (κ3) is 2.04. The standard InChI is InChI=1S/C11H5ClFN3O2/c12-8-3-7(13)1-2-9(8)16-5-6(4-14)10(17)15-11(16)18/h1-3,5H,(H,15,17,18). The van der Waals surface area contributed by atoms with Crippen LogP contribution in [0.1, 0.15) is 5.56 Å². The number of hydrogen-bond donors (Lipinski definition) is 1. The lowest BCUT2D eigenvalue weighted by atomic mass is 10.3. The summed E-state index contributed by atoms with van der Waals surface area (Å²) in [6.45, 7) is 0. The van der Waals surface area contributed by atoms with Crippen molar-refractivity contribution in [2.75, 3.05) is 0 Å². The van der Waals surface area contributed by atoms with Gasteiger partial charge < -0.3 is 0 Å². The maximum absolute atomic E-state index is 12.9. The molecule has 0 saturated carbocycles. The number of nitrogens with zero attached hydrogens (tertiary/aromatic N) is 2. The molecule has 0 amide bonds. The molecule has 0 saturated heterocycles.